The third-order valence-corrected chi connectivity index (χ3v) is 1.44. The molecule has 0 bridgehead atoms. The van der Waals surface area contributed by atoms with E-state index in [0.717, 1.165) is 5.57 Å². The van der Waals surface area contributed by atoms with Crippen molar-refractivity contribution in [2.24, 2.45) is 4.99 Å². The molecule has 0 fully saturated rings. The van der Waals surface area contributed by atoms with Gasteiger partial charge in [0, 0.05) is 6.20 Å². The van der Waals surface area contributed by atoms with Crippen molar-refractivity contribution in [3.8, 4) is 0 Å². The summed E-state index contributed by atoms with van der Waals surface area (Å²) in [6, 6.07) is 0. The third-order valence-electron chi connectivity index (χ3n) is 1.44. The first-order valence-electron chi connectivity index (χ1n) is 3.97. The predicted octanol–water partition coefficient (Wildman–Crippen LogP) is 0.969. The highest BCUT2D eigenvalue weighted by atomic mass is 16.5. The van der Waals surface area contributed by atoms with Crippen LogP contribution in [-0.4, -0.2) is 18.9 Å². The second-order valence-electron chi connectivity index (χ2n) is 2.76. The zero-order valence-corrected chi connectivity index (χ0v) is 7.70. The van der Waals surface area contributed by atoms with Gasteiger partial charge in [-0.3, -0.25) is 4.79 Å². The van der Waals surface area contributed by atoms with Crippen LogP contribution in [0.1, 0.15) is 13.8 Å². The van der Waals surface area contributed by atoms with Crippen LogP contribution in [-0.2, 0) is 9.53 Å². The fraction of sp³-hybridized carbons (Fsp3) is 0.333. The van der Waals surface area contributed by atoms with Gasteiger partial charge in [-0.25, -0.2) is 4.99 Å². The van der Waals surface area contributed by atoms with E-state index in [0.29, 0.717) is 5.76 Å². The van der Waals surface area contributed by atoms with Crippen molar-refractivity contribution in [2.75, 3.05) is 6.61 Å². The Kier molecular flexibility index (Phi) is 3.25. The quantitative estimate of drug-likeness (QED) is 0.603. The Morgan fingerprint density at radius 3 is 3.08 bits per heavy atom. The largest absolute Gasteiger partial charge is 0.488 e. The van der Waals surface area contributed by atoms with E-state index in [-0.39, 0.29) is 12.5 Å². The average molecular weight is 180 g/mol. The summed E-state index contributed by atoms with van der Waals surface area (Å²) < 4.78 is 5.15. The summed E-state index contributed by atoms with van der Waals surface area (Å²) in [6.45, 7) is 3.74. The Labute approximate surface area is 77.0 Å². The molecule has 4 nitrogen and oxygen atoms in total. The molecular weight excluding hydrogens is 168 g/mol. The molecule has 0 aromatic carbocycles. The molecule has 0 atom stereocenters. The van der Waals surface area contributed by atoms with Crippen LogP contribution in [0, 0.1) is 0 Å². The second-order valence-corrected chi connectivity index (χ2v) is 2.76. The van der Waals surface area contributed by atoms with Crippen molar-refractivity contribution in [3.05, 3.63) is 23.6 Å². The lowest BCUT2D eigenvalue weighted by Gasteiger charge is -2.06. The molecule has 1 rings (SSSR count). The highest BCUT2D eigenvalue weighted by molar-refractivity contribution is 5.88. The van der Waals surface area contributed by atoms with Crippen LogP contribution in [0.15, 0.2) is 28.6 Å². The maximum Gasteiger partial charge on any atom is 0.262 e. The van der Waals surface area contributed by atoms with Gasteiger partial charge in [-0.2, -0.15) is 0 Å². The first-order valence-corrected chi connectivity index (χ1v) is 3.97. The van der Waals surface area contributed by atoms with Gasteiger partial charge in [-0.15, -0.1) is 0 Å². The number of amides is 1. The normalized spacial score (nSPS) is 18.2. The number of allylic oxidation sites excluding steroid dienone is 3. The highest BCUT2D eigenvalue weighted by Gasteiger charge is 2.00. The van der Waals surface area contributed by atoms with Gasteiger partial charge in [0.25, 0.3) is 5.91 Å². The molecule has 0 aliphatic carbocycles. The maximum absolute atomic E-state index is 11.0. The van der Waals surface area contributed by atoms with E-state index in [9.17, 15) is 4.79 Å². The topological polar surface area (TPSA) is 50.7 Å². The smallest absolute Gasteiger partial charge is 0.262 e. The number of rotatable bonds is 0. The minimum absolute atomic E-state index is 0.0294. The number of nitrogens with one attached hydrogen (secondary N) is 1. The zero-order valence-electron chi connectivity index (χ0n) is 7.70. The molecule has 0 saturated heterocycles. The first-order chi connectivity index (χ1) is 6.18. The summed E-state index contributed by atoms with van der Waals surface area (Å²) in [6.07, 6.45) is 4.83. The molecule has 0 spiro atoms. The van der Waals surface area contributed by atoms with E-state index in [1.807, 2.05) is 13.0 Å². The number of hydrogen-bond acceptors (Lipinski definition) is 3. The number of ether oxygens (including phenoxy) is 1. The van der Waals surface area contributed by atoms with Crippen molar-refractivity contribution < 1.29 is 9.53 Å². The van der Waals surface area contributed by atoms with E-state index in [4.69, 9.17) is 4.74 Å². The predicted molar refractivity (Wildman–Crippen MR) is 50.1 cm³/mol. The van der Waals surface area contributed by atoms with Gasteiger partial charge in [-0.1, -0.05) is 0 Å². The lowest BCUT2D eigenvalue weighted by atomic mass is 10.3. The second kappa shape index (κ2) is 4.45. The molecule has 70 valence electrons. The molecule has 1 aliphatic rings. The summed E-state index contributed by atoms with van der Waals surface area (Å²) >= 11 is 0. The minimum atomic E-state index is -0.204. The van der Waals surface area contributed by atoms with Crippen LogP contribution in [0.4, 0.5) is 0 Å². The Balaban J connectivity index is 2.79. The molecule has 4 heteroatoms. The Hall–Kier alpha value is -1.58. The Bertz CT molecular complexity index is 290. The van der Waals surface area contributed by atoms with Crippen molar-refractivity contribution >= 4 is 12.2 Å². The molecule has 0 radical (unpaired) electrons. The molecule has 0 unspecified atom stereocenters. The molecule has 0 saturated carbocycles. The summed E-state index contributed by atoms with van der Waals surface area (Å²) in [5.41, 5.74) is 0.977. The van der Waals surface area contributed by atoms with Crippen molar-refractivity contribution in [1.82, 2.24) is 5.32 Å². The third kappa shape index (κ3) is 3.55. The number of hydrogen-bond donors (Lipinski definition) is 1. The van der Waals surface area contributed by atoms with Crippen LogP contribution in [0.3, 0.4) is 0 Å². The number of carbonyl (C=O) groups is 1. The minimum Gasteiger partial charge on any atom is -0.488 e. The number of carbonyl (C=O) groups excluding carboxylic acids is 1. The molecule has 13 heavy (non-hydrogen) atoms. The van der Waals surface area contributed by atoms with E-state index >= 15 is 0 Å². The monoisotopic (exact) mass is 180 g/mol. The van der Waals surface area contributed by atoms with Crippen LogP contribution in [0.2, 0.25) is 0 Å². The Morgan fingerprint density at radius 1 is 1.54 bits per heavy atom. The number of aliphatic imine (C=N–C) groups is 1. The molecule has 0 aromatic rings. The van der Waals surface area contributed by atoms with Crippen LogP contribution in [0.5, 0.6) is 0 Å². The van der Waals surface area contributed by atoms with Crippen LogP contribution >= 0.6 is 0 Å². The first kappa shape index (κ1) is 9.51. The summed E-state index contributed by atoms with van der Waals surface area (Å²) in [7, 11) is 0. The van der Waals surface area contributed by atoms with Crippen LogP contribution in [0.25, 0.3) is 0 Å². The molecular formula is C9H12N2O2. The standard InChI is InChI=1S/C9H12N2O2/c1-7-3-8(2)13-5-9(12)11-6-10-4-7/h3-4,6H,5H2,1-2H3,(H,10,11,12). The van der Waals surface area contributed by atoms with Crippen molar-refractivity contribution in [3.63, 3.8) is 0 Å². The van der Waals surface area contributed by atoms with E-state index in [2.05, 4.69) is 10.3 Å². The zero-order chi connectivity index (χ0) is 9.68. The van der Waals surface area contributed by atoms with E-state index < -0.39 is 0 Å². The Morgan fingerprint density at radius 2 is 2.31 bits per heavy atom. The van der Waals surface area contributed by atoms with Crippen LogP contribution < -0.4 is 5.32 Å². The van der Waals surface area contributed by atoms with Gasteiger partial charge in [0.1, 0.15) is 0 Å². The number of nitrogens with zero attached hydrogens (tertiary/aromatic N) is 1. The van der Waals surface area contributed by atoms with Gasteiger partial charge in [0.05, 0.1) is 12.1 Å². The summed E-state index contributed by atoms with van der Waals surface area (Å²) in [5, 5.41) is 2.47. The fourth-order valence-electron chi connectivity index (χ4n) is 0.885. The maximum atomic E-state index is 11.0. The lowest BCUT2D eigenvalue weighted by Crippen LogP contribution is -2.26. The van der Waals surface area contributed by atoms with Gasteiger partial charge in [0.2, 0.25) is 0 Å². The molecule has 1 amide bonds. The fourth-order valence-corrected chi connectivity index (χ4v) is 0.885. The van der Waals surface area contributed by atoms with Crippen molar-refractivity contribution in [1.29, 1.82) is 0 Å². The summed E-state index contributed by atoms with van der Waals surface area (Å²) in [4.78, 5) is 14.8. The SMILES string of the molecule is CC1=CN=CNC(=O)COC(C)=C1. The van der Waals surface area contributed by atoms with E-state index in [1.165, 1.54) is 6.34 Å². The molecule has 1 heterocycles. The van der Waals surface area contributed by atoms with Gasteiger partial charge in [-0.05, 0) is 25.5 Å². The molecule has 0 aromatic heterocycles. The van der Waals surface area contributed by atoms with E-state index in [1.54, 1.807) is 13.1 Å². The van der Waals surface area contributed by atoms with Crippen molar-refractivity contribution in [2.45, 2.75) is 13.8 Å². The molecule has 1 aliphatic heterocycles. The highest BCUT2D eigenvalue weighted by Crippen LogP contribution is 2.03. The average Bonchev–Trinajstić information content (AvgIpc) is 2.08. The summed E-state index contributed by atoms with van der Waals surface area (Å²) in [5.74, 6) is 0.505. The van der Waals surface area contributed by atoms with Gasteiger partial charge in [0.15, 0.2) is 6.61 Å². The molecule has 1 N–H and O–H groups in total. The lowest BCUT2D eigenvalue weighted by molar-refractivity contribution is -0.122. The van der Waals surface area contributed by atoms with Gasteiger partial charge < -0.3 is 10.1 Å². The van der Waals surface area contributed by atoms with Gasteiger partial charge >= 0.3 is 0 Å².